The molecular formula is C27H16FN3O. The van der Waals surface area contributed by atoms with Crippen molar-refractivity contribution >= 4 is 21.9 Å². The van der Waals surface area contributed by atoms with Crippen molar-refractivity contribution in [3.63, 3.8) is 0 Å². The molecule has 0 N–H and O–H groups in total. The lowest BCUT2D eigenvalue weighted by atomic mass is 10.0. The Balaban J connectivity index is 1.69. The van der Waals surface area contributed by atoms with Gasteiger partial charge in [0.15, 0.2) is 17.5 Å². The Morgan fingerprint density at radius 2 is 1.09 bits per heavy atom. The van der Waals surface area contributed by atoms with Gasteiger partial charge in [-0.25, -0.2) is 19.3 Å². The third-order valence-electron chi connectivity index (χ3n) is 5.42. The van der Waals surface area contributed by atoms with Gasteiger partial charge in [0.05, 0.1) is 5.56 Å². The molecule has 4 aromatic carbocycles. The number of nitrogens with zero attached hydrogens (tertiary/aromatic N) is 3. The normalized spacial score (nSPS) is 11.3. The maximum absolute atomic E-state index is 15.3. The fourth-order valence-electron chi connectivity index (χ4n) is 3.93. The summed E-state index contributed by atoms with van der Waals surface area (Å²) >= 11 is 0. The van der Waals surface area contributed by atoms with Gasteiger partial charge in [0.2, 0.25) is 0 Å². The predicted molar refractivity (Wildman–Crippen MR) is 123 cm³/mol. The highest BCUT2D eigenvalue weighted by Gasteiger charge is 2.21. The third-order valence-corrected chi connectivity index (χ3v) is 5.42. The monoisotopic (exact) mass is 417 g/mol. The van der Waals surface area contributed by atoms with Crippen molar-refractivity contribution < 1.29 is 8.81 Å². The minimum Gasteiger partial charge on any atom is -0.456 e. The van der Waals surface area contributed by atoms with Gasteiger partial charge in [0, 0.05) is 21.9 Å². The third kappa shape index (κ3) is 3.03. The molecule has 0 fully saturated rings. The smallest absolute Gasteiger partial charge is 0.167 e. The summed E-state index contributed by atoms with van der Waals surface area (Å²) in [5.74, 6) is 0.831. The summed E-state index contributed by atoms with van der Waals surface area (Å²) < 4.78 is 21.3. The highest BCUT2D eigenvalue weighted by Crippen LogP contribution is 2.37. The second-order valence-electron chi connectivity index (χ2n) is 7.43. The van der Waals surface area contributed by atoms with E-state index in [-0.39, 0.29) is 5.82 Å². The molecule has 0 saturated heterocycles. The largest absolute Gasteiger partial charge is 0.456 e. The van der Waals surface area contributed by atoms with Gasteiger partial charge < -0.3 is 4.42 Å². The molecule has 0 aliphatic heterocycles. The zero-order valence-electron chi connectivity index (χ0n) is 16.9. The first kappa shape index (κ1) is 18.4. The van der Waals surface area contributed by atoms with Crippen LogP contribution < -0.4 is 0 Å². The number of hydrogen-bond acceptors (Lipinski definition) is 4. The Morgan fingerprint density at radius 1 is 0.531 bits per heavy atom. The summed E-state index contributed by atoms with van der Waals surface area (Å²) in [5, 5.41) is 1.48. The van der Waals surface area contributed by atoms with Crippen molar-refractivity contribution in [2.24, 2.45) is 0 Å². The Morgan fingerprint density at radius 3 is 1.75 bits per heavy atom. The Hall–Kier alpha value is -4.38. The molecule has 4 nitrogen and oxygen atoms in total. The van der Waals surface area contributed by atoms with Gasteiger partial charge in [-0.15, -0.1) is 0 Å². The molecule has 5 heteroatoms. The van der Waals surface area contributed by atoms with Crippen molar-refractivity contribution in [1.29, 1.82) is 0 Å². The molecule has 32 heavy (non-hydrogen) atoms. The van der Waals surface area contributed by atoms with E-state index in [9.17, 15) is 0 Å². The van der Waals surface area contributed by atoms with Crippen LogP contribution in [0.25, 0.3) is 56.1 Å². The fourth-order valence-corrected chi connectivity index (χ4v) is 3.93. The molecule has 0 bridgehead atoms. The van der Waals surface area contributed by atoms with Gasteiger partial charge in [-0.3, -0.25) is 0 Å². The van der Waals surface area contributed by atoms with Gasteiger partial charge >= 0.3 is 0 Å². The lowest BCUT2D eigenvalue weighted by Crippen LogP contribution is -2.01. The van der Waals surface area contributed by atoms with Gasteiger partial charge in [0.1, 0.15) is 17.0 Å². The number of halogens is 1. The van der Waals surface area contributed by atoms with Crippen LogP contribution in [-0.2, 0) is 0 Å². The maximum Gasteiger partial charge on any atom is 0.167 e. The Bertz CT molecular complexity index is 1520. The maximum atomic E-state index is 15.3. The van der Waals surface area contributed by atoms with Crippen LogP contribution in [0, 0.1) is 5.82 Å². The lowest BCUT2D eigenvalue weighted by molar-refractivity contribution is 0.628. The molecule has 0 radical (unpaired) electrons. The van der Waals surface area contributed by atoms with Crippen molar-refractivity contribution in [1.82, 2.24) is 15.0 Å². The molecule has 0 atom stereocenters. The van der Waals surface area contributed by atoms with Crippen LogP contribution in [0.1, 0.15) is 0 Å². The van der Waals surface area contributed by atoms with E-state index in [2.05, 4.69) is 0 Å². The van der Waals surface area contributed by atoms with Gasteiger partial charge in [-0.1, -0.05) is 78.9 Å². The van der Waals surface area contributed by atoms with E-state index < -0.39 is 5.82 Å². The number of rotatable bonds is 3. The van der Waals surface area contributed by atoms with Crippen molar-refractivity contribution in [3.8, 4) is 34.2 Å². The van der Waals surface area contributed by atoms with Crippen LogP contribution in [0.3, 0.4) is 0 Å². The summed E-state index contributed by atoms with van der Waals surface area (Å²) in [4.78, 5) is 14.1. The molecule has 0 amide bonds. The predicted octanol–water partition coefficient (Wildman–Crippen LogP) is 6.91. The van der Waals surface area contributed by atoms with Gasteiger partial charge in [-0.2, -0.15) is 0 Å². The van der Waals surface area contributed by atoms with Crippen molar-refractivity contribution in [3.05, 3.63) is 103 Å². The van der Waals surface area contributed by atoms with Crippen LogP contribution in [0.2, 0.25) is 0 Å². The molecule has 0 unspecified atom stereocenters. The minimum atomic E-state index is -0.409. The molecule has 2 heterocycles. The number of benzene rings is 4. The molecule has 6 rings (SSSR count). The van der Waals surface area contributed by atoms with E-state index in [1.54, 1.807) is 6.07 Å². The summed E-state index contributed by atoms with van der Waals surface area (Å²) in [6.45, 7) is 0. The molecule has 2 aromatic heterocycles. The molecular weight excluding hydrogens is 401 g/mol. The quantitative estimate of drug-likeness (QED) is 0.314. The van der Waals surface area contributed by atoms with E-state index in [1.165, 1.54) is 6.07 Å². The first-order valence-electron chi connectivity index (χ1n) is 10.2. The van der Waals surface area contributed by atoms with Crippen molar-refractivity contribution in [2.75, 3.05) is 0 Å². The van der Waals surface area contributed by atoms with E-state index >= 15 is 4.39 Å². The SMILES string of the molecule is Fc1ccc2oc3ccccc3c2c1-c1nc(-c2ccccc2)nc(-c2ccccc2)n1. The molecule has 0 saturated carbocycles. The van der Waals surface area contributed by atoms with Crippen LogP contribution in [0.4, 0.5) is 4.39 Å². The highest BCUT2D eigenvalue weighted by molar-refractivity contribution is 6.11. The van der Waals surface area contributed by atoms with Gasteiger partial charge in [0.25, 0.3) is 0 Å². The summed E-state index contributed by atoms with van der Waals surface area (Å²) in [7, 11) is 0. The molecule has 152 valence electrons. The van der Waals surface area contributed by atoms with E-state index in [0.29, 0.717) is 33.8 Å². The summed E-state index contributed by atoms with van der Waals surface area (Å²) in [6, 6.07) is 29.9. The highest BCUT2D eigenvalue weighted by atomic mass is 19.1. The average Bonchev–Trinajstić information content (AvgIpc) is 3.23. The standard InChI is InChI=1S/C27H16FN3O/c28-20-15-16-22-23(19-13-7-8-14-21(19)32-22)24(20)27-30-25(17-9-3-1-4-10-17)29-26(31-27)18-11-5-2-6-12-18/h1-16H. The number of hydrogen-bond donors (Lipinski definition) is 0. The molecule has 0 aliphatic rings. The first-order valence-corrected chi connectivity index (χ1v) is 10.2. The topological polar surface area (TPSA) is 51.8 Å². The van der Waals surface area contributed by atoms with Crippen LogP contribution >= 0.6 is 0 Å². The summed E-state index contributed by atoms with van der Waals surface area (Å²) in [5.41, 5.74) is 3.25. The first-order chi connectivity index (χ1) is 15.8. The van der Waals surface area contributed by atoms with Crippen LogP contribution in [-0.4, -0.2) is 15.0 Å². The molecule has 0 aliphatic carbocycles. The zero-order valence-corrected chi connectivity index (χ0v) is 16.9. The molecule has 6 aromatic rings. The van der Waals surface area contributed by atoms with Crippen LogP contribution in [0.15, 0.2) is 101 Å². The number of furan rings is 1. The second kappa shape index (κ2) is 7.39. The fraction of sp³-hybridized carbons (Fsp3) is 0. The minimum absolute atomic E-state index is 0.271. The number of fused-ring (bicyclic) bond motifs is 3. The van der Waals surface area contributed by atoms with Crippen LogP contribution in [0.5, 0.6) is 0 Å². The average molecular weight is 417 g/mol. The second-order valence-corrected chi connectivity index (χ2v) is 7.43. The number of para-hydroxylation sites is 1. The van der Waals surface area contributed by atoms with Crippen molar-refractivity contribution in [2.45, 2.75) is 0 Å². The van der Waals surface area contributed by atoms with Gasteiger partial charge in [-0.05, 0) is 18.2 Å². The Kier molecular flexibility index (Phi) is 4.25. The number of aromatic nitrogens is 3. The molecule has 0 spiro atoms. The van der Waals surface area contributed by atoms with E-state index in [0.717, 1.165) is 16.5 Å². The van der Waals surface area contributed by atoms with E-state index in [4.69, 9.17) is 19.4 Å². The van der Waals surface area contributed by atoms with E-state index in [1.807, 2.05) is 84.9 Å². The lowest BCUT2D eigenvalue weighted by Gasteiger charge is -2.09. The Labute approximate surface area is 183 Å². The summed E-state index contributed by atoms with van der Waals surface area (Å²) in [6.07, 6.45) is 0. The zero-order chi connectivity index (χ0) is 21.5.